The Morgan fingerprint density at radius 1 is 1.14 bits per heavy atom. The third-order valence-corrected chi connectivity index (χ3v) is 3.10. The van der Waals surface area contributed by atoms with Gasteiger partial charge in [0.05, 0.1) is 4.92 Å². The maximum Gasteiger partial charge on any atom is 0.269 e. The van der Waals surface area contributed by atoms with Crippen LogP contribution in [-0.4, -0.2) is 10.8 Å². The molecule has 0 heterocycles. The number of rotatable bonds is 3. The zero-order chi connectivity index (χ0) is 15.6. The molecule has 0 aliphatic rings. The molecular formula is C15H13FN2O3. The maximum atomic E-state index is 13.0. The van der Waals surface area contributed by atoms with Gasteiger partial charge in [0.25, 0.3) is 11.6 Å². The SMILES string of the molecule is Cc1cc([N+](=O)[O-])ccc1NC(=O)c1ccc(F)cc1C. The Kier molecular flexibility index (Phi) is 3.98. The third-order valence-electron chi connectivity index (χ3n) is 3.10. The highest BCUT2D eigenvalue weighted by molar-refractivity contribution is 6.05. The number of anilines is 1. The van der Waals surface area contributed by atoms with Gasteiger partial charge in [0.2, 0.25) is 0 Å². The van der Waals surface area contributed by atoms with Crippen molar-refractivity contribution in [3.05, 3.63) is 69.0 Å². The van der Waals surface area contributed by atoms with Crippen molar-refractivity contribution in [1.82, 2.24) is 0 Å². The number of nitro benzene ring substituents is 1. The first-order valence-electron chi connectivity index (χ1n) is 6.21. The Hall–Kier alpha value is -2.76. The Balaban J connectivity index is 2.25. The van der Waals surface area contributed by atoms with Crippen molar-refractivity contribution in [2.24, 2.45) is 0 Å². The van der Waals surface area contributed by atoms with Crippen LogP contribution < -0.4 is 5.32 Å². The summed E-state index contributed by atoms with van der Waals surface area (Å²) in [6.45, 7) is 3.31. The van der Waals surface area contributed by atoms with Crippen LogP contribution in [0.1, 0.15) is 21.5 Å². The second kappa shape index (κ2) is 5.70. The van der Waals surface area contributed by atoms with Crippen molar-refractivity contribution in [2.75, 3.05) is 5.32 Å². The average molecular weight is 288 g/mol. The molecule has 1 amide bonds. The van der Waals surface area contributed by atoms with E-state index in [1.54, 1.807) is 13.8 Å². The molecule has 108 valence electrons. The number of non-ortho nitro benzene ring substituents is 1. The third kappa shape index (κ3) is 3.22. The molecule has 0 spiro atoms. The van der Waals surface area contributed by atoms with E-state index in [0.717, 1.165) is 0 Å². The van der Waals surface area contributed by atoms with Gasteiger partial charge in [-0.3, -0.25) is 14.9 Å². The molecule has 0 aliphatic carbocycles. The van der Waals surface area contributed by atoms with Gasteiger partial charge in [-0.1, -0.05) is 0 Å². The van der Waals surface area contributed by atoms with Crippen LogP contribution in [0.15, 0.2) is 36.4 Å². The fourth-order valence-corrected chi connectivity index (χ4v) is 1.97. The second-order valence-electron chi connectivity index (χ2n) is 4.67. The second-order valence-corrected chi connectivity index (χ2v) is 4.67. The number of aryl methyl sites for hydroxylation is 2. The Morgan fingerprint density at radius 3 is 2.43 bits per heavy atom. The van der Waals surface area contributed by atoms with E-state index >= 15 is 0 Å². The van der Waals surface area contributed by atoms with Gasteiger partial charge in [0.1, 0.15) is 5.82 Å². The van der Waals surface area contributed by atoms with Crippen molar-refractivity contribution < 1.29 is 14.1 Å². The maximum absolute atomic E-state index is 13.0. The van der Waals surface area contributed by atoms with E-state index in [1.807, 2.05) is 0 Å². The molecule has 0 saturated heterocycles. The van der Waals surface area contributed by atoms with Crippen molar-refractivity contribution in [3.63, 3.8) is 0 Å². The fourth-order valence-electron chi connectivity index (χ4n) is 1.97. The number of nitro groups is 1. The largest absolute Gasteiger partial charge is 0.322 e. The predicted octanol–water partition coefficient (Wildman–Crippen LogP) is 3.60. The normalized spacial score (nSPS) is 10.2. The first-order valence-corrected chi connectivity index (χ1v) is 6.21. The van der Waals surface area contributed by atoms with Crippen molar-refractivity contribution in [1.29, 1.82) is 0 Å². The number of amides is 1. The number of carbonyl (C=O) groups excluding carboxylic acids is 1. The summed E-state index contributed by atoms with van der Waals surface area (Å²) >= 11 is 0. The van der Waals surface area contributed by atoms with Gasteiger partial charge in [-0.05, 0) is 49.2 Å². The van der Waals surface area contributed by atoms with E-state index in [9.17, 15) is 19.3 Å². The minimum Gasteiger partial charge on any atom is -0.322 e. The van der Waals surface area contributed by atoms with Crippen LogP contribution in [-0.2, 0) is 0 Å². The molecule has 21 heavy (non-hydrogen) atoms. The smallest absolute Gasteiger partial charge is 0.269 e. The summed E-state index contributed by atoms with van der Waals surface area (Å²) in [5, 5.41) is 13.3. The van der Waals surface area contributed by atoms with E-state index < -0.39 is 10.7 Å². The summed E-state index contributed by atoms with van der Waals surface area (Å²) in [4.78, 5) is 22.3. The van der Waals surface area contributed by atoms with Crippen LogP contribution in [0.5, 0.6) is 0 Å². The topological polar surface area (TPSA) is 72.2 Å². The first kappa shape index (κ1) is 14.6. The highest BCUT2D eigenvalue weighted by Crippen LogP contribution is 2.22. The lowest BCUT2D eigenvalue weighted by Crippen LogP contribution is -2.14. The highest BCUT2D eigenvalue weighted by Gasteiger charge is 2.13. The molecule has 2 aromatic carbocycles. The monoisotopic (exact) mass is 288 g/mol. The summed E-state index contributed by atoms with van der Waals surface area (Å²) in [5.41, 5.74) is 1.90. The number of hydrogen-bond acceptors (Lipinski definition) is 3. The molecule has 0 aromatic heterocycles. The Labute approximate surface area is 120 Å². The highest BCUT2D eigenvalue weighted by atomic mass is 19.1. The van der Waals surface area contributed by atoms with Crippen LogP contribution in [0.25, 0.3) is 0 Å². The van der Waals surface area contributed by atoms with Gasteiger partial charge in [0.15, 0.2) is 0 Å². The van der Waals surface area contributed by atoms with Crippen LogP contribution in [0.2, 0.25) is 0 Å². The molecule has 0 fully saturated rings. The molecule has 2 aromatic rings. The van der Waals surface area contributed by atoms with Crippen LogP contribution >= 0.6 is 0 Å². The van der Waals surface area contributed by atoms with Gasteiger partial charge in [-0.25, -0.2) is 4.39 Å². The first-order chi connectivity index (χ1) is 9.88. The molecular weight excluding hydrogens is 275 g/mol. The molecule has 5 nitrogen and oxygen atoms in total. The number of hydrogen-bond donors (Lipinski definition) is 1. The standard InChI is InChI=1S/C15H13FN2O3/c1-9-7-11(16)3-5-13(9)15(19)17-14-6-4-12(18(20)21)8-10(14)2/h3-8H,1-2H3,(H,17,19). The molecule has 0 aliphatic heterocycles. The summed E-state index contributed by atoms with van der Waals surface area (Å²) in [6, 6.07) is 8.07. The number of carbonyl (C=O) groups is 1. The van der Waals surface area contributed by atoms with Gasteiger partial charge in [-0.15, -0.1) is 0 Å². The van der Waals surface area contributed by atoms with Gasteiger partial charge in [-0.2, -0.15) is 0 Å². The quantitative estimate of drug-likeness (QED) is 0.692. The molecule has 0 atom stereocenters. The molecule has 2 rings (SSSR count). The molecule has 6 heteroatoms. The van der Waals surface area contributed by atoms with Crippen molar-refractivity contribution in [2.45, 2.75) is 13.8 Å². The van der Waals surface area contributed by atoms with Gasteiger partial charge in [0, 0.05) is 23.4 Å². The van der Waals surface area contributed by atoms with Crippen LogP contribution in [0.4, 0.5) is 15.8 Å². The number of benzene rings is 2. The lowest BCUT2D eigenvalue weighted by atomic mass is 10.1. The van der Waals surface area contributed by atoms with Gasteiger partial charge >= 0.3 is 0 Å². The van der Waals surface area contributed by atoms with Crippen molar-refractivity contribution in [3.8, 4) is 0 Å². The van der Waals surface area contributed by atoms with E-state index in [0.29, 0.717) is 22.4 Å². The van der Waals surface area contributed by atoms with E-state index in [4.69, 9.17) is 0 Å². The Bertz CT molecular complexity index is 729. The summed E-state index contributed by atoms with van der Waals surface area (Å²) in [6.07, 6.45) is 0. The number of nitrogens with zero attached hydrogens (tertiary/aromatic N) is 1. The molecule has 0 unspecified atom stereocenters. The number of nitrogens with one attached hydrogen (secondary N) is 1. The zero-order valence-electron chi connectivity index (χ0n) is 11.5. The average Bonchev–Trinajstić information content (AvgIpc) is 2.40. The molecule has 0 bridgehead atoms. The summed E-state index contributed by atoms with van der Waals surface area (Å²) in [7, 11) is 0. The van der Waals surface area contributed by atoms with Gasteiger partial charge < -0.3 is 5.32 Å². The minimum absolute atomic E-state index is 0.0385. The lowest BCUT2D eigenvalue weighted by Gasteiger charge is -2.10. The molecule has 1 N–H and O–H groups in total. The molecule has 0 radical (unpaired) electrons. The Morgan fingerprint density at radius 2 is 1.86 bits per heavy atom. The number of halogens is 1. The summed E-state index contributed by atoms with van der Waals surface area (Å²) in [5.74, 6) is -0.792. The lowest BCUT2D eigenvalue weighted by molar-refractivity contribution is -0.384. The minimum atomic E-state index is -0.497. The van der Waals surface area contributed by atoms with Crippen LogP contribution in [0.3, 0.4) is 0 Å². The van der Waals surface area contributed by atoms with E-state index in [-0.39, 0.29) is 11.6 Å². The van der Waals surface area contributed by atoms with Crippen LogP contribution in [0, 0.1) is 29.8 Å². The van der Waals surface area contributed by atoms with E-state index in [1.165, 1.54) is 36.4 Å². The van der Waals surface area contributed by atoms with Crippen molar-refractivity contribution >= 4 is 17.3 Å². The fraction of sp³-hybridized carbons (Fsp3) is 0.133. The zero-order valence-corrected chi connectivity index (χ0v) is 11.5. The van der Waals surface area contributed by atoms with E-state index in [2.05, 4.69) is 5.32 Å². The predicted molar refractivity (Wildman–Crippen MR) is 76.9 cm³/mol. The summed E-state index contributed by atoms with van der Waals surface area (Å²) < 4.78 is 13.0. The molecule has 0 saturated carbocycles.